The van der Waals surface area contributed by atoms with Gasteiger partial charge in [0.2, 0.25) is 0 Å². The van der Waals surface area contributed by atoms with Gasteiger partial charge in [-0.1, -0.05) is 27.7 Å². The van der Waals surface area contributed by atoms with Crippen LogP contribution >= 0.6 is 0 Å². The topological polar surface area (TPSA) is 33.7 Å². The molecular formula is C14H32N2O2. The smallest absolute Gasteiger partial charge is 0.0701 e. The van der Waals surface area contributed by atoms with Gasteiger partial charge in [-0.2, -0.15) is 0 Å². The molecule has 0 aromatic carbocycles. The highest BCUT2D eigenvalue weighted by Gasteiger charge is 2.00. The van der Waals surface area contributed by atoms with Gasteiger partial charge >= 0.3 is 0 Å². The number of nitrogens with one attached hydrogen (secondary N) is 1. The molecule has 0 aromatic rings. The van der Waals surface area contributed by atoms with Gasteiger partial charge in [-0.15, -0.1) is 0 Å². The summed E-state index contributed by atoms with van der Waals surface area (Å²) in [5, 5.41) is 3.31. The fourth-order valence-corrected chi connectivity index (χ4v) is 1.68. The van der Waals surface area contributed by atoms with E-state index in [0.29, 0.717) is 25.2 Å². The van der Waals surface area contributed by atoms with Crippen molar-refractivity contribution in [3.8, 4) is 0 Å². The van der Waals surface area contributed by atoms with Crippen molar-refractivity contribution in [1.82, 2.24) is 10.2 Å². The van der Waals surface area contributed by atoms with Crippen LogP contribution in [-0.2, 0) is 9.47 Å². The van der Waals surface area contributed by atoms with E-state index in [1.54, 1.807) is 0 Å². The Bertz CT molecular complexity index is 175. The lowest BCUT2D eigenvalue weighted by Crippen LogP contribution is -2.28. The minimum absolute atomic E-state index is 0.529. The Morgan fingerprint density at radius 3 is 2.11 bits per heavy atom. The van der Waals surface area contributed by atoms with Crippen molar-refractivity contribution in [3.05, 3.63) is 0 Å². The minimum Gasteiger partial charge on any atom is -0.378 e. The predicted molar refractivity (Wildman–Crippen MR) is 77.1 cm³/mol. The molecule has 0 unspecified atom stereocenters. The Balaban J connectivity index is 3.11. The van der Waals surface area contributed by atoms with Crippen molar-refractivity contribution in [3.63, 3.8) is 0 Å². The summed E-state index contributed by atoms with van der Waals surface area (Å²) in [5.41, 5.74) is 0. The first-order valence-corrected chi connectivity index (χ1v) is 7.09. The van der Waals surface area contributed by atoms with Gasteiger partial charge in [0, 0.05) is 25.7 Å². The fourth-order valence-electron chi connectivity index (χ4n) is 1.68. The van der Waals surface area contributed by atoms with Gasteiger partial charge in [-0.3, -0.25) is 0 Å². The second-order valence-electron chi connectivity index (χ2n) is 5.49. The van der Waals surface area contributed by atoms with E-state index in [0.717, 1.165) is 32.8 Å². The molecule has 0 saturated heterocycles. The first kappa shape index (κ1) is 17.8. The van der Waals surface area contributed by atoms with Gasteiger partial charge in [-0.25, -0.2) is 0 Å². The molecule has 110 valence electrons. The van der Waals surface area contributed by atoms with Crippen molar-refractivity contribution in [2.24, 2.45) is 5.92 Å². The highest BCUT2D eigenvalue weighted by atomic mass is 16.5. The van der Waals surface area contributed by atoms with Crippen molar-refractivity contribution >= 4 is 0 Å². The van der Waals surface area contributed by atoms with Crippen molar-refractivity contribution in [1.29, 1.82) is 0 Å². The molecule has 0 bridgehead atoms. The third-order valence-corrected chi connectivity index (χ3v) is 2.47. The molecular weight excluding hydrogens is 228 g/mol. The van der Waals surface area contributed by atoms with E-state index in [2.05, 4.69) is 45.0 Å². The molecule has 0 aliphatic heterocycles. The maximum Gasteiger partial charge on any atom is 0.0701 e. The molecule has 0 saturated carbocycles. The normalized spacial score (nSPS) is 12.0. The molecule has 0 amide bonds. The number of nitrogens with zero attached hydrogens (tertiary/aromatic N) is 1. The highest BCUT2D eigenvalue weighted by Crippen LogP contribution is 1.94. The van der Waals surface area contributed by atoms with Crippen LogP contribution in [0.15, 0.2) is 0 Å². The summed E-state index contributed by atoms with van der Waals surface area (Å²) < 4.78 is 11.0. The van der Waals surface area contributed by atoms with E-state index in [4.69, 9.17) is 9.47 Å². The number of ether oxygens (including phenoxy) is 2. The van der Waals surface area contributed by atoms with Crippen molar-refractivity contribution in [2.45, 2.75) is 33.7 Å². The Hall–Kier alpha value is -0.160. The minimum atomic E-state index is 0.529. The Morgan fingerprint density at radius 1 is 0.944 bits per heavy atom. The summed E-state index contributed by atoms with van der Waals surface area (Å²) in [6, 6.07) is 0.529. The predicted octanol–water partition coefficient (Wildman–Crippen LogP) is 1.61. The molecule has 0 radical (unpaired) electrons. The monoisotopic (exact) mass is 260 g/mol. The van der Waals surface area contributed by atoms with E-state index in [1.165, 1.54) is 0 Å². The molecule has 4 nitrogen and oxygen atoms in total. The Kier molecular flexibility index (Phi) is 11.8. The summed E-state index contributed by atoms with van der Waals surface area (Å²) >= 11 is 0. The van der Waals surface area contributed by atoms with Crippen LogP contribution in [0.3, 0.4) is 0 Å². The summed E-state index contributed by atoms with van der Waals surface area (Å²) in [6.45, 7) is 14.7. The van der Waals surface area contributed by atoms with Gasteiger partial charge in [0.1, 0.15) is 0 Å². The third-order valence-electron chi connectivity index (χ3n) is 2.47. The average molecular weight is 260 g/mol. The number of likely N-dealkylation sites (N-methyl/N-ethyl adjacent to an activating group) is 1. The van der Waals surface area contributed by atoms with Gasteiger partial charge < -0.3 is 19.7 Å². The Morgan fingerprint density at radius 2 is 1.56 bits per heavy atom. The molecule has 0 spiro atoms. The molecule has 0 heterocycles. The third kappa shape index (κ3) is 13.9. The van der Waals surface area contributed by atoms with Crippen LogP contribution in [0.2, 0.25) is 0 Å². The molecule has 0 fully saturated rings. The SMILES string of the molecule is CC(C)CN(C)CCOCCOCCNC(C)C. The summed E-state index contributed by atoms with van der Waals surface area (Å²) in [6.07, 6.45) is 0. The van der Waals surface area contributed by atoms with Gasteiger partial charge in [-0.05, 0) is 13.0 Å². The van der Waals surface area contributed by atoms with E-state index < -0.39 is 0 Å². The zero-order valence-corrected chi connectivity index (χ0v) is 12.9. The molecule has 18 heavy (non-hydrogen) atoms. The average Bonchev–Trinajstić information content (AvgIpc) is 2.25. The fraction of sp³-hybridized carbons (Fsp3) is 1.00. The number of rotatable bonds is 12. The zero-order chi connectivity index (χ0) is 13.8. The summed E-state index contributed by atoms with van der Waals surface area (Å²) in [7, 11) is 2.14. The van der Waals surface area contributed by atoms with Crippen LogP contribution < -0.4 is 5.32 Å². The highest BCUT2D eigenvalue weighted by molar-refractivity contribution is 4.54. The maximum atomic E-state index is 5.53. The zero-order valence-electron chi connectivity index (χ0n) is 12.9. The van der Waals surface area contributed by atoms with Gasteiger partial charge in [0.05, 0.1) is 26.4 Å². The second-order valence-corrected chi connectivity index (χ2v) is 5.49. The van der Waals surface area contributed by atoms with Crippen LogP contribution in [0.4, 0.5) is 0 Å². The van der Waals surface area contributed by atoms with Crippen LogP contribution in [0.25, 0.3) is 0 Å². The Labute approximate surface area is 113 Å². The molecule has 0 aliphatic carbocycles. The van der Waals surface area contributed by atoms with E-state index in [-0.39, 0.29) is 0 Å². The standard InChI is InChI=1S/C14H32N2O2/c1-13(2)12-16(5)7-9-18-11-10-17-8-6-15-14(3)4/h13-15H,6-12H2,1-5H3. The lowest BCUT2D eigenvalue weighted by atomic mass is 10.2. The van der Waals surface area contributed by atoms with Crippen LogP contribution in [0.5, 0.6) is 0 Å². The molecule has 1 N–H and O–H groups in total. The second kappa shape index (κ2) is 11.9. The number of hydrogen-bond donors (Lipinski definition) is 1. The molecule has 0 atom stereocenters. The van der Waals surface area contributed by atoms with Crippen molar-refractivity contribution in [2.75, 3.05) is 53.1 Å². The first-order valence-electron chi connectivity index (χ1n) is 7.09. The maximum absolute atomic E-state index is 5.53. The van der Waals surface area contributed by atoms with E-state index >= 15 is 0 Å². The van der Waals surface area contributed by atoms with Crippen LogP contribution in [-0.4, -0.2) is 64.1 Å². The molecule has 4 heteroatoms. The first-order chi connectivity index (χ1) is 8.52. The number of hydrogen-bond acceptors (Lipinski definition) is 4. The van der Waals surface area contributed by atoms with Crippen LogP contribution in [0, 0.1) is 5.92 Å². The van der Waals surface area contributed by atoms with Crippen LogP contribution in [0.1, 0.15) is 27.7 Å². The lowest BCUT2D eigenvalue weighted by Gasteiger charge is -2.18. The quantitative estimate of drug-likeness (QED) is 0.541. The molecule has 0 aliphatic rings. The lowest BCUT2D eigenvalue weighted by molar-refractivity contribution is 0.0407. The molecule has 0 aromatic heterocycles. The van der Waals surface area contributed by atoms with E-state index in [1.807, 2.05) is 0 Å². The van der Waals surface area contributed by atoms with E-state index in [9.17, 15) is 0 Å². The largest absolute Gasteiger partial charge is 0.378 e. The van der Waals surface area contributed by atoms with Gasteiger partial charge in [0.15, 0.2) is 0 Å². The van der Waals surface area contributed by atoms with Gasteiger partial charge in [0.25, 0.3) is 0 Å². The van der Waals surface area contributed by atoms with Crippen molar-refractivity contribution < 1.29 is 9.47 Å². The summed E-state index contributed by atoms with van der Waals surface area (Å²) in [4.78, 5) is 2.30. The molecule has 0 rings (SSSR count). The summed E-state index contributed by atoms with van der Waals surface area (Å²) in [5.74, 6) is 0.715.